The van der Waals surface area contributed by atoms with Crippen molar-refractivity contribution in [1.82, 2.24) is 0 Å². The van der Waals surface area contributed by atoms with Crippen LogP contribution in [0.5, 0.6) is 0 Å². The van der Waals surface area contributed by atoms with E-state index < -0.39 is 23.3 Å². The molecule has 0 aliphatic carbocycles. The number of rotatable bonds is 3. The molecule has 0 bridgehead atoms. The van der Waals surface area contributed by atoms with Gasteiger partial charge < -0.3 is 9.47 Å². The molecule has 0 spiro atoms. The van der Waals surface area contributed by atoms with E-state index in [-0.39, 0.29) is 5.97 Å². The summed E-state index contributed by atoms with van der Waals surface area (Å²) < 4.78 is 9.90. The Kier molecular flexibility index (Phi) is 4.90. The van der Waals surface area contributed by atoms with E-state index in [1.165, 1.54) is 26.0 Å². The summed E-state index contributed by atoms with van der Waals surface area (Å²) >= 11 is 1.35. The van der Waals surface area contributed by atoms with E-state index >= 15 is 0 Å². The van der Waals surface area contributed by atoms with Crippen molar-refractivity contribution in [3.8, 4) is 0 Å². The third-order valence-electron chi connectivity index (χ3n) is 4.09. The molecule has 0 unspecified atom stereocenters. The first-order valence-corrected chi connectivity index (χ1v) is 8.10. The van der Waals surface area contributed by atoms with Crippen LogP contribution in [0.1, 0.15) is 12.5 Å². The maximum absolute atomic E-state index is 12.6. The van der Waals surface area contributed by atoms with Crippen molar-refractivity contribution >= 4 is 28.7 Å². The van der Waals surface area contributed by atoms with Crippen LogP contribution in [-0.2, 0) is 24.6 Å². The summed E-state index contributed by atoms with van der Waals surface area (Å²) in [4.78, 5) is 29.3. The second-order valence-corrected chi connectivity index (χ2v) is 5.89. The molecule has 118 valence electrons. The summed E-state index contributed by atoms with van der Waals surface area (Å²) in [6.07, 6.45) is 1.83. The van der Waals surface area contributed by atoms with Crippen molar-refractivity contribution < 1.29 is 19.1 Å². The van der Waals surface area contributed by atoms with Gasteiger partial charge in [-0.05, 0) is 11.8 Å². The Morgan fingerprint density at radius 3 is 2.32 bits per heavy atom. The minimum Gasteiger partial charge on any atom is -0.468 e. The van der Waals surface area contributed by atoms with Crippen molar-refractivity contribution in [2.75, 3.05) is 20.5 Å². The number of ether oxygens (including phenoxy) is 2. The Morgan fingerprint density at radius 2 is 1.82 bits per heavy atom. The summed E-state index contributed by atoms with van der Waals surface area (Å²) in [5.74, 6) is -1.82. The van der Waals surface area contributed by atoms with Gasteiger partial charge >= 0.3 is 11.9 Å². The fraction of sp³-hybridized carbons (Fsp3) is 0.438. The summed E-state index contributed by atoms with van der Waals surface area (Å²) in [6, 6.07) is 9.20. The van der Waals surface area contributed by atoms with Gasteiger partial charge in [0.25, 0.3) is 0 Å². The van der Waals surface area contributed by atoms with Gasteiger partial charge in [-0.3, -0.25) is 9.79 Å². The molecule has 2 rings (SSSR count). The molecule has 1 heterocycles. The van der Waals surface area contributed by atoms with Crippen molar-refractivity contribution in [3.63, 3.8) is 0 Å². The topological polar surface area (TPSA) is 65.0 Å². The van der Waals surface area contributed by atoms with E-state index in [9.17, 15) is 9.59 Å². The van der Waals surface area contributed by atoms with Crippen molar-refractivity contribution in [1.29, 1.82) is 0 Å². The molecule has 1 aliphatic rings. The third kappa shape index (κ3) is 2.41. The smallest absolute Gasteiger partial charge is 0.338 e. The highest BCUT2D eigenvalue weighted by Gasteiger charge is 2.57. The van der Waals surface area contributed by atoms with Crippen LogP contribution in [0.3, 0.4) is 0 Å². The van der Waals surface area contributed by atoms with E-state index in [1.807, 2.05) is 43.5 Å². The molecule has 22 heavy (non-hydrogen) atoms. The van der Waals surface area contributed by atoms with Crippen molar-refractivity contribution in [3.05, 3.63) is 35.9 Å². The van der Waals surface area contributed by atoms with Crippen molar-refractivity contribution in [2.45, 2.75) is 12.5 Å². The fourth-order valence-electron chi connectivity index (χ4n) is 2.93. The Balaban J connectivity index is 2.63. The number of hydrogen-bond acceptors (Lipinski definition) is 6. The Labute approximate surface area is 134 Å². The lowest BCUT2D eigenvalue weighted by atomic mass is 9.76. The van der Waals surface area contributed by atoms with Gasteiger partial charge in [-0.2, -0.15) is 0 Å². The minimum atomic E-state index is -1.22. The highest BCUT2D eigenvalue weighted by Crippen LogP contribution is 2.47. The molecule has 1 aliphatic heterocycles. The number of benzene rings is 1. The van der Waals surface area contributed by atoms with Crippen LogP contribution in [-0.4, -0.2) is 37.5 Å². The average Bonchev–Trinajstić information content (AvgIpc) is 2.87. The normalized spacial score (nSPS) is 27.2. The molecule has 0 radical (unpaired) electrons. The summed E-state index contributed by atoms with van der Waals surface area (Å²) in [5, 5.41) is 0.591. The van der Waals surface area contributed by atoms with Gasteiger partial charge in [-0.1, -0.05) is 37.3 Å². The van der Waals surface area contributed by atoms with Gasteiger partial charge in [0.1, 0.15) is 5.92 Å². The number of nitrogens with zero attached hydrogens (tertiary/aromatic N) is 1. The molecule has 6 heteroatoms. The van der Waals surface area contributed by atoms with E-state index in [0.717, 1.165) is 0 Å². The molecule has 5 nitrogen and oxygen atoms in total. The lowest BCUT2D eigenvalue weighted by molar-refractivity contribution is -0.151. The first kappa shape index (κ1) is 16.5. The first-order valence-electron chi connectivity index (χ1n) is 6.88. The summed E-state index contributed by atoms with van der Waals surface area (Å²) in [7, 11) is 2.67. The van der Waals surface area contributed by atoms with Gasteiger partial charge in [0.15, 0.2) is 5.54 Å². The van der Waals surface area contributed by atoms with Crippen molar-refractivity contribution in [2.24, 2.45) is 16.8 Å². The molecular formula is C16H19NO4S. The average molecular weight is 321 g/mol. The molecule has 1 aromatic rings. The summed E-state index contributed by atoms with van der Waals surface area (Å²) in [6.45, 7) is 1.83. The zero-order valence-electron chi connectivity index (χ0n) is 13.0. The standard InChI is InChI=1S/C16H19NO4S/c1-10-12(14(18)20-2)13(22-4)17-16(10,15(19)21-3)11-8-6-5-7-9-11/h5-10,12H,1-4H3/t10-,12-,16+/m0/s1. The van der Waals surface area contributed by atoms with Crippen LogP contribution in [0.25, 0.3) is 0 Å². The van der Waals surface area contributed by atoms with Gasteiger partial charge in [-0.25, -0.2) is 4.79 Å². The first-order chi connectivity index (χ1) is 10.5. The molecule has 0 fully saturated rings. The number of thioether (sulfide) groups is 1. The van der Waals surface area contributed by atoms with E-state index in [0.29, 0.717) is 10.6 Å². The lowest BCUT2D eigenvalue weighted by Crippen LogP contribution is -2.42. The molecule has 0 saturated heterocycles. The minimum absolute atomic E-state index is 0.387. The fourth-order valence-corrected chi connectivity index (χ4v) is 3.72. The monoisotopic (exact) mass is 321 g/mol. The van der Waals surface area contributed by atoms with Gasteiger partial charge in [0, 0.05) is 5.92 Å². The molecule has 0 N–H and O–H groups in total. The van der Waals surface area contributed by atoms with Crippen LogP contribution < -0.4 is 0 Å². The molecule has 1 aromatic carbocycles. The highest BCUT2D eigenvalue weighted by molar-refractivity contribution is 8.13. The molecule has 3 atom stereocenters. The zero-order valence-corrected chi connectivity index (χ0v) is 13.8. The van der Waals surface area contributed by atoms with Gasteiger partial charge in [0.05, 0.1) is 19.3 Å². The SMILES string of the molecule is COC(=O)[C@@H]1C(SC)=N[C@@](C(=O)OC)(c2ccccc2)[C@H]1C. The second-order valence-electron chi connectivity index (χ2n) is 5.07. The van der Waals surface area contributed by atoms with Crippen LogP contribution >= 0.6 is 11.8 Å². The quantitative estimate of drug-likeness (QED) is 0.799. The van der Waals surface area contributed by atoms with Crippen LogP contribution in [0.15, 0.2) is 35.3 Å². The van der Waals surface area contributed by atoms with E-state index in [4.69, 9.17) is 9.47 Å². The van der Waals surface area contributed by atoms with E-state index in [2.05, 4.69) is 4.99 Å². The highest BCUT2D eigenvalue weighted by atomic mass is 32.2. The number of aliphatic imine (C=N–C) groups is 1. The predicted octanol–water partition coefficient (Wildman–Crippen LogP) is 2.26. The Morgan fingerprint density at radius 1 is 1.18 bits per heavy atom. The number of hydrogen-bond donors (Lipinski definition) is 0. The lowest BCUT2D eigenvalue weighted by Gasteiger charge is -2.30. The van der Waals surface area contributed by atoms with Crippen LogP contribution in [0.2, 0.25) is 0 Å². The van der Waals surface area contributed by atoms with Gasteiger partial charge in [0.2, 0.25) is 0 Å². The van der Waals surface area contributed by atoms with Crippen LogP contribution in [0, 0.1) is 11.8 Å². The maximum Gasteiger partial charge on any atom is 0.338 e. The molecule has 0 amide bonds. The molecule has 0 aromatic heterocycles. The third-order valence-corrected chi connectivity index (χ3v) is 4.85. The Bertz CT molecular complexity index is 601. The number of methoxy groups -OCH3 is 2. The number of carbonyl (C=O) groups is 2. The molecular weight excluding hydrogens is 302 g/mol. The zero-order chi connectivity index (χ0) is 16.3. The largest absolute Gasteiger partial charge is 0.468 e. The van der Waals surface area contributed by atoms with Crippen LogP contribution in [0.4, 0.5) is 0 Å². The number of carbonyl (C=O) groups excluding carboxylic acids is 2. The predicted molar refractivity (Wildman–Crippen MR) is 85.8 cm³/mol. The summed E-state index contributed by atoms with van der Waals surface area (Å²) in [5.41, 5.74) is -0.500. The number of esters is 2. The van der Waals surface area contributed by atoms with Gasteiger partial charge in [-0.15, -0.1) is 11.8 Å². The molecule has 0 saturated carbocycles. The maximum atomic E-state index is 12.6. The Hall–Kier alpha value is -1.82. The van der Waals surface area contributed by atoms with E-state index in [1.54, 1.807) is 0 Å². The second kappa shape index (κ2) is 6.52.